The number of rotatable bonds is 29. The van der Waals surface area contributed by atoms with E-state index in [0.717, 1.165) is 51.4 Å². The molecule has 0 saturated heterocycles. The van der Waals surface area contributed by atoms with Gasteiger partial charge in [0.2, 0.25) is 5.91 Å². The largest absolute Gasteiger partial charge is 0.756 e. The average molecular weight is 605 g/mol. The summed E-state index contributed by atoms with van der Waals surface area (Å²) in [5.74, 6) is -0.181. The third kappa shape index (κ3) is 27.8. The molecule has 0 aliphatic heterocycles. The zero-order chi connectivity index (χ0) is 30.8. The van der Waals surface area contributed by atoms with E-state index in [1.54, 1.807) is 0 Å². The van der Waals surface area contributed by atoms with Gasteiger partial charge < -0.3 is 28.8 Å². The molecular formula is C32H65N2O6P. The Bertz CT molecular complexity index is 698. The van der Waals surface area contributed by atoms with Gasteiger partial charge >= 0.3 is 0 Å². The highest BCUT2D eigenvalue weighted by Gasteiger charge is 2.24. The third-order valence-electron chi connectivity index (χ3n) is 7.25. The monoisotopic (exact) mass is 604 g/mol. The van der Waals surface area contributed by atoms with Gasteiger partial charge in [0.15, 0.2) is 0 Å². The number of hydrogen-bond acceptors (Lipinski definition) is 6. The summed E-state index contributed by atoms with van der Waals surface area (Å²) in [5, 5.41) is 13.7. The van der Waals surface area contributed by atoms with Gasteiger partial charge in [-0.3, -0.25) is 9.36 Å². The zero-order valence-corrected chi connectivity index (χ0v) is 28.1. The molecule has 41 heavy (non-hydrogen) atoms. The molecule has 2 N–H and O–H groups in total. The molecule has 3 unspecified atom stereocenters. The van der Waals surface area contributed by atoms with Crippen LogP contribution in [0, 0.1) is 0 Å². The quantitative estimate of drug-likeness (QED) is 0.0410. The van der Waals surface area contributed by atoms with Crippen LogP contribution in [-0.4, -0.2) is 68.5 Å². The van der Waals surface area contributed by atoms with Gasteiger partial charge in [0.05, 0.1) is 39.9 Å². The van der Waals surface area contributed by atoms with E-state index in [1.165, 1.54) is 57.8 Å². The summed E-state index contributed by atoms with van der Waals surface area (Å²) in [5.41, 5.74) is 0. The first-order chi connectivity index (χ1) is 19.5. The second kappa shape index (κ2) is 25.7. The number of hydrogen-bond donors (Lipinski definition) is 2. The molecule has 0 aromatic carbocycles. The molecule has 3 atom stereocenters. The van der Waals surface area contributed by atoms with Crippen molar-refractivity contribution in [1.82, 2.24) is 5.32 Å². The average Bonchev–Trinajstić information content (AvgIpc) is 2.90. The van der Waals surface area contributed by atoms with E-state index < -0.39 is 20.0 Å². The lowest BCUT2D eigenvalue weighted by Crippen LogP contribution is -2.46. The molecule has 0 aliphatic rings. The highest BCUT2D eigenvalue weighted by atomic mass is 31.2. The maximum absolute atomic E-state index is 12.7. The number of phosphoric acid groups is 1. The molecule has 0 aromatic heterocycles. The number of allylic oxidation sites excluding steroid dienone is 2. The van der Waals surface area contributed by atoms with Gasteiger partial charge in [-0.25, -0.2) is 0 Å². The molecule has 0 bridgehead atoms. The minimum absolute atomic E-state index is 0.0112. The Morgan fingerprint density at radius 2 is 1.37 bits per heavy atom. The van der Waals surface area contributed by atoms with Crippen molar-refractivity contribution in [3.8, 4) is 0 Å². The lowest BCUT2D eigenvalue weighted by atomic mass is 10.0. The number of carbonyl (C=O) groups is 1. The van der Waals surface area contributed by atoms with E-state index in [-0.39, 0.29) is 19.1 Å². The molecule has 9 heteroatoms. The first-order valence-electron chi connectivity index (χ1n) is 16.5. The summed E-state index contributed by atoms with van der Waals surface area (Å²) in [7, 11) is 1.29. The maximum atomic E-state index is 12.7. The molecule has 0 aromatic rings. The molecule has 0 heterocycles. The van der Waals surface area contributed by atoms with Crippen molar-refractivity contribution >= 4 is 13.7 Å². The van der Waals surface area contributed by atoms with Crippen LogP contribution in [0.15, 0.2) is 12.2 Å². The fourth-order valence-electron chi connectivity index (χ4n) is 4.49. The van der Waals surface area contributed by atoms with Gasteiger partial charge in [0.1, 0.15) is 13.2 Å². The van der Waals surface area contributed by atoms with Crippen LogP contribution >= 0.6 is 7.82 Å². The SMILES string of the molecule is CCCC/C=C\CCCCCCCC(=O)NC(COP(=O)([O-])OCC[N+](C)(C)C)C(O)CCCCCCCCCC. The van der Waals surface area contributed by atoms with Gasteiger partial charge in [-0.1, -0.05) is 109 Å². The summed E-state index contributed by atoms with van der Waals surface area (Å²) in [6.07, 6.45) is 23.6. The Labute approximate surface area is 252 Å². The third-order valence-corrected chi connectivity index (χ3v) is 8.22. The maximum Gasteiger partial charge on any atom is 0.268 e. The van der Waals surface area contributed by atoms with Crippen LogP contribution in [0.3, 0.4) is 0 Å². The Kier molecular flexibility index (Phi) is 25.2. The van der Waals surface area contributed by atoms with Crippen molar-refractivity contribution < 1.29 is 32.9 Å². The van der Waals surface area contributed by atoms with Crippen LogP contribution in [0.25, 0.3) is 0 Å². The van der Waals surface area contributed by atoms with E-state index in [9.17, 15) is 19.4 Å². The minimum Gasteiger partial charge on any atom is -0.756 e. The molecule has 0 fully saturated rings. The summed E-state index contributed by atoms with van der Waals surface area (Å²) < 4.78 is 23.0. The summed E-state index contributed by atoms with van der Waals surface area (Å²) >= 11 is 0. The zero-order valence-electron chi connectivity index (χ0n) is 27.2. The Hall–Kier alpha value is -0.760. The van der Waals surface area contributed by atoms with Crippen molar-refractivity contribution in [2.24, 2.45) is 0 Å². The normalized spacial score (nSPS) is 15.2. The first kappa shape index (κ1) is 40.2. The van der Waals surface area contributed by atoms with Crippen LogP contribution in [0.4, 0.5) is 0 Å². The number of phosphoric ester groups is 1. The summed E-state index contributed by atoms with van der Waals surface area (Å²) in [4.78, 5) is 25.0. The second-order valence-corrected chi connectivity index (χ2v) is 13.9. The summed E-state index contributed by atoms with van der Waals surface area (Å²) in [6.45, 7) is 4.60. The van der Waals surface area contributed by atoms with Crippen molar-refractivity contribution in [3.05, 3.63) is 12.2 Å². The van der Waals surface area contributed by atoms with Gasteiger partial charge in [0.25, 0.3) is 7.82 Å². The fraction of sp³-hybridized carbons (Fsp3) is 0.906. The first-order valence-corrected chi connectivity index (χ1v) is 18.0. The van der Waals surface area contributed by atoms with Crippen LogP contribution in [-0.2, 0) is 18.4 Å². The van der Waals surface area contributed by atoms with Crippen LogP contribution in [0.1, 0.15) is 136 Å². The molecule has 0 aliphatic carbocycles. The number of nitrogens with one attached hydrogen (secondary N) is 1. The lowest BCUT2D eigenvalue weighted by Gasteiger charge is -2.30. The second-order valence-electron chi connectivity index (χ2n) is 12.5. The highest BCUT2D eigenvalue weighted by molar-refractivity contribution is 7.45. The van der Waals surface area contributed by atoms with Crippen molar-refractivity contribution in [2.75, 3.05) is 40.9 Å². The molecule has 0 saturated carbocycles. The van der Waals surface area contributed by atoms with E-state index in [2.05, 4.69) is 31.3 Å². The molecule has 0 spiro atoms. The van der Waals surface area contributed by atoms with E-state index in [4.69, 9.17) is 9.05 Å². The van der Waals surface area contributed by atoms with E-state index in [0.29, 0.717) is 23.9 Å². The highest BCUT2D eigenvalue weighted by Crippen LogP contribution is 2.38. The lowest BCUT2D eigenvalue weighted by molar-refractivity contribution is -0.870. The fourth-order valence-corrected chi connectivity index (χ4v) is 5.21. The van der Waals surface area contributed by atoms with Crippen molar-refractivity contribution in [2.45, 2.75) is 148 Å². The minimum atomic E-state index is -4.54. The number of quaternary nitrogens is 1. The number of amides is 1. The molecule has 8 nitrogen and oxygen atoms in total. The van der Waals surface area contributed by atoms with Crippen LogP contribution in [0.5, 0.6) is 0 Å². The Morgan fingerprint density at radius 1 is 0.829 bits per heavy atom. The van der Waals surface area contributed by atoms with Crippen molar-refractivity contribution in [1.29, 1.82) is 0 Å². The molecule has 244 valence electrons. The Balaban J connectivity index is 4.56. The van der Waals surface area contributed by atoms with Gasteiger partial charge in [-0.2, -0.15) is 0 Å². The van der Waals surface area contributed by atoms with E-state index >= 15 is 0 Å². The predicted molar refractivity (Wildman–Crippen MR) is 169 cm³/mol. The topological polar surface area (TPSA) is 108 Å². The summed E-state index contributed by atoms with van der Waals surface area (Å²) in [6, 6.07) is -0.796. The number of likely N-dealkylation sites (N-methyl/N-ethyl adjacent to an activating group) is 1. The number of aliphatic hydroxyl groups is 1. The smallest absolute Gasteiger partial charge is 0.268 e. The number of aliphatic hydroxyl groups excluding tert-OH is 1. The van der Waals surface area contributed by atoms with Crippen molar-refractivity contribution in [3.63, 3.8) is 0 Å². The number of nitrogens with zero attached hydrogens (tertiary/aromatic N) is 1. The standard InChI is InChI=1S/C32H65N2O6P/c1-6-8-10-12-14-16-17-18-20-22-24-26-32(36)33-30(29-40-41(37,38)39-28-27-34(3,4)5)31(35)25-23-21-19-15-13-11-9-7-2/h12,14,30-31,35H,6-11,13,15-29H2,1-5H3,(H-,33,36,37,38)/b14-12-. The molecule has 0 radical (unpaired) electrons. The number of carbonyl (C=O) groups excluding carboxylic acids is 1. The van der Waals surface area contributed by atoms with Gasteiger partial charge in [-0.15, -0.1) is 0 Å². The molecular weight excluding hydrogens is 539 g/mol. The van der Waals surface area contributed by atoms with Gasteiger partial charge in [0, 0.05) is 6.42 Å². The van der Waals surface area contributed by atoms with Gasteiger partial charge in [-0.05, 0) is 32.1 Å². The number of unbranched alkanes of at least 4 members (excludes halogenated alkanes) is 14. The predicted octanol–water partition coefficient (Wildman–Crippen LogP) is 7.05. The molecule has 0 rings (SSSR count). The van der Waals surface area contributed by atoms with E-state index in [1.807, 2.05) is 21.1 Å². The van der Waals surface area contributed by atoms with Crippen LogP contribution in [0.2, 0.25) is 0 Å². The van der Waals surface area contributed by atoms with Crippen LogP contribution < -0.4 is 10.2 Å². The molecule has 1 amide bonds. The Morgan fingerprint density at radius 3 is 1.98 bits per heavy atom.